The zero-order valence-electron chi connectivity index (χ0n) is 19.8. The van der Waals surface area contributed by atoms with Crippen LogP contribution in [0.3, 0.4) is 0 Å². The smallest absolute Gasteiger partial charge is 0.345 e. The lowest BCUT2D eigenvalue weighted by Gasteiger charge is -2.21. The van der Waals surface area contributed by atoms with Gasteiger partial charge in [-0.05, 0) is 31.2 Å². The van der Waals surface area contributed by atoms with Crippen molar-refractivity contribution in [1.29, 1.82) is 0 Å². The highest BCUT2D eigenvalue weighted by atomic mass is 16.5. The molecule has 1 aromatic heterocycles. The van der Waals surface area contributed by atoms with Crippen LogP contribution in [0.4, 0.5) is 0 Å². The monoisotopic (exact) mass is 493 g/mol. The zero-order valence-corrected chi connectivity index (χ0v) is 19.8. The number of aromatic amines is 1. The predicted molar refractivity (Wildman–Crippen MR) is 127 cm³/mol. The van der Waals surface area contributed by atoms with Gasteiger partial charge in [-0.2, -0.15) is 0 Å². The standard InChI is InChI=1S/C25H23N3O8/c1-4-36-24(32)20-18(13-28-22(30)16-7-5-6-8-17(16)23(28)31)27(25(33)26-21(20)29)12-14-9-10-15(34-2)11-19(14)35-3/h5-11H,4,12-13H2,1-3H3,(H,26,29,33). The molecule has 2 amide bonds. The van der Waals surface area contributed by atoms with Crippen LogP contribution in [0.1, 0.15) is 49.3 Å². The van der Waals surface area contributed by atoms with E-state index in [1.807, 2.05) is 0 Å². The largest absolute Gasteiger partial charge is 0.497 e. The summed E-state index contributed by atoms with van der Waals surface area (Å²) in [6.07, 6.45) is 0. The van der Waals surface area contributed by atoms with Crippen molar-refractivity contribution in [3.8, 4) is 11.5 Å². The van der Waals surface area contributed by atoms with Crippen molar-refractivity contribution < 1.29 is 28.6 Å². The van der Waals surface area contributed by atoms with Crippen LogP contribution in [0.2, 0.25) is 0 Å². The van der Waals surface area contributed by atoms with E-state index in [1.54, 1.807) is 37.3 Å². The van der Waals surface area contributed by atoms with Gasteiger partial charge in [-0.25, -0.2) is 9.59 Å². The van der Waals surface area contributed by atoms with Crippen molar-refractivity contribution in [1.82, 2.24) is 14.5 Å². The van der Waals surface area contributed by atoms with Crippen molar-refractivity contribution in [3.05, 3.63) is 91.3 Å². The Labute approximate surface area is 204 Å². The number of nitrogens with one attached hydrogen (secondary N) is 1. The minimum Gasteiger partial charge on any atom is -0.497 e. The number of imide groups is 1. The Morgan fingerprint density at radius 2 is 1.58 bits per heavy atom. The van der Waals surface area contributed by atoms with Gasteiger partial charge in [-0.3, -0.25) is 28.8 Å². The second kappa shape index (κ2) is 9.90. The van der Waals surface area contributed by atoms with Gasteiger partial charge in [-0.15, -0.1) is 0 Å². The second-order valence-electron chi connectivity index (χ2n) is 7.81. The van der Waals surface area contributed by atoms with Crippen LogP contribution in [0, 0.1) is 0 Å². The van der Waals surface area contributed by atoms with Gasteiger partial charge in [0.15, 0.2) is 0 Å². The first-order valence-corrected chi connectivity index (χ1v) is 11.0. The highest BCUT2D eigenvalue weighted by Crippen LogP contribution is 2.27. The first-order valence-electron chi connectivity index (χ1n) is 11.0. The van der Waals surface area contributed by atoms with Crippen LogP contribution >= 0.6 is 0 Å². The van der Waals surface area contributed by atoms with Crippen LogP contribution < -0.4 is 20.7 Å². The average Bonchev–Trinajstić information content (AvgIpc) is 3.11. The van der Waals surface area contributed by atoms with E-state index >= 15 is 0 Å². The number of hydrogen-bond acceptors (Lipinski definition) is 8. The number of fused-ring (bicyclic) bond motifs is 1. The topological polar surface area (TPSA) is 137 Å². The van der Waals surface area contributed by atoms with E-state index in [0.717, 1.165) is 9.47 Å². The van der Waals surface area contributed by atoms with E-state index in [4.69, 9.17) is 14.2 Å². The minimum absolute atomic E-state index is 0.0316. The maximum atomic E-state index is 13.0. The Hall–Kier alpha value is -4.67. The maximum absolute atomic E-state index is 13.0. The van der Waals surface area contributed by atoms with Gasteiger partial charge in [0.2, 0.25) is 0 Å². The van der Waals surface area contributed by atoms with Gasteiger partial charge in [0.05, 0.1) is 50.7 Å². The molecule has 3 aromatic rings. The Morgan fingerprint density at radius 1 is 0.917 bits per heavy atom. The highest BCUT2D eigenvalue weighted by Gasteiger charge is 2.37. The predicted octanol–water partition coefficient (Wildman–Crippen LogP) is 1.57. The molecule has 11 heteroatoms. The molecule has 0 fully saturated rings. The number of rotatable bonds is 8. The average molecular weight is 493 g/mol. The molecule has 2 aromatic carbocycles. The number of methoxy groups -OCH3 is 2. The summed E-state index contributed by atoms with van der Waals surface area (Å²) in [5.74, 6) is -1.29. The first-order chi connectivity index (χ1) is 17.3. The Bertz CT molecular complexity index is 1450. The number of aromatic nitrogens is 2. The molecule has 11 nitrogen and oxygen atoms in total. The maximum Gasteiger partial charge on any atom is 0.345 e. The molecule has 0 saturated heterocycles. The molecular formula is C25H23N3O8. The fourth-order valence-electron chi connectivity index (χ4n) is 4.05. The summed E-state index contributed by atoms with van der Waals surface area (Å²) >= 11 is 0. The first kappa shape index (κ1) is 24.5. The molecule has 0 unspecified atom stereocenters. The van der Waals surface area contributed by atoms with Crippen LogP contribution in [-0.2, 0) is 17.8 Å². The van der Waals surface area contributed by atoms with E-state index < -0.39 is 41.1 Å². The Kier molecular flexibility index (Phi) is 6.73. The molecule has 0 radical (unpaired) electrons. The van der Waals surface area contributed by atoms with Gasteiger partial charge in [0.25, 0.3) is 17.4 Å². The molecular weight excluding hydrogens is 470 g/mol. The van der Waals surface area contributed by atoms with E-state index in [9.17, 15) is 24.0 Å². The summed E-state index contributed by atoms with van der Waals surface area (Å²) in [7, 11) is 2.93. The van der Waals surface area contributed by atoms with Crippen LogP contribution in [0.25, 0.3) is 0 Å². The van der Waals surface area contributed by atoms with E-state index in [2.05, 4.69) is 4.98 Å². The molecule has 0 aliphatic carbocycles. The number of carbonyl (C=O) groups excluding carboxylic acids is 3. The molecule has 1 N–H and O–H groups in total. The molecule has 0 saturated carbocycles. The van der Waals surface area contributed by atoms with Crippen molar-refractivity contribution in [2.75, 3.05) is 20.8 Å². The molecule has 1 aliphatic heterocycles. The van der Waals surface area contributed by atoms with Gasteiger partial charge < -0.3 is 14.2 Å². The fourth-order valence-corrected chi connectivity index (χ4v) is 4.05. The lowest BCUT2D eigenvalue weighted by molar-refractivity contribution is 0.0511. The quantitative estimate of drug-likeness (QED) is 0.369. The molecule has 4 rings (SSSR count). The highest BCUT2D eigenvalue weighted by molar-refractivity contribution is 6.21. The molecule has 36 heavy (non-hydrogen) atoms. The zero-order chi connectivity index (χ0) is 26.0. The molecule has 0 bridgehead atoms. The molecule has 1 aliphatic rings. The third-order valence-electron chi connectivity index (χ3n) is 5.80. The Balaban J connectivity index is 1.87. The third kappa shape index (κ3) is 4.26. The molecule has 0 atom stereocenters. The van der Waals surface area contributed by atoms with Gasteiger partial charge in [0.1, 0.15) is 17.1 Å². The van der Waals surface area contributed by atoms with Gasteiger partial charge in [0, 0.05) is 11.6 Å². The summed E-state index contributed by atoms with van der Waals surface area (Å²) in [6.45, 7) is 0.885. The molecule has 2 heterocycles. The fraction of sp³-hybridized carbons (Fsp3) is 0.240. The number of amides is 2. The number of carbonyl (C=O) groups is 3. The summed E-state index contributed by atoms with van der Waals surface area (Å²) in [4.78, 5) is 67.5. The van der Waals surface area contributed by atoms with Crippen molar-refractivity contribution >= 4 is 17.8 Å². The van der Waals surface area contributed by atoms with E-state index in [-0.39, 0.29) is 30.0 Å². The van der Waals surface area contributed by atoms with E-state index in [0.29, 0.717) is 17.1 Å². The van der Waals surface area contributed by atoms with Gasteiger partial charge >= 0.3 is 11.7 Å². The lowest BCUT2D eigenvalue weighted by atomic mass is 10.1. The summed E-state index contributed by atoms with van der Waals surface area (Å²) in [5, 5.41) is 0. The van der Waals surface area contributed by atoms with Crippen LogP contribution in [0.15, 0.2) is 52.1 Å². The number of esters is 1. The van der Waals surface area contributed by atoms with Crippen molar-refractivity contribution in [2.45, 2.75) is 20.0 Å². The SMILES string of the molecule is CCOC(=O)c1c(CN2C(=O)c3ccccc3C2=O)n(Cc2ccc(OC)cc2OC)c(=O)[nH]c1=O. The van der Waals surface area contributed by atoms with Crippen LogP contribution in [-0.4, -0.2) is 53.1 Å². The lowest BCUT2D eigenvalue weighted by Crippen LogP contribution is -2.41. The minimum atomic E-state index is -0.985. The molecule has 186 valence electrons. The summed E-state index contributed by atoms with van der Waals surface area (Å²) in [5.41, 5.74) is -1.53. The molecule has 0 spiro atoms. The number of ether oxygens (including phenoxy) is 3. The summed E-state index contributed by atoms with van der Waals surface area (Å²) in [6, 6.07) is 11.2. The second-order valence-corrected chi connectivity index (χ2v) is 7.81. The van der Waals surface area contributed by atoms with Crippen molar-refractivity contribution in [2.24, 2.45) is 0 Å². The van der Waals surface area contributed by atoms with Gasteiger partial charge in [-0.1, -0.05) is 12.1 Å². The Morgan fingerprint density at radius 3 is 2.17 bits per heavy atom. The number of benzene rings is 2. The number of H-pyrrole nitrogens is 1. The van der Waals surface area contributed by atoms with E-state index in [1.165, 1.54) is 26.4 Å². The number of nitrogens with zero attached hydrogens (tertiary/aromatic N) is 2. The summed E-state index contributed by atoms with van der Waals surface area (Å²) < 4.78 is 16.8. The normalized spacial score (nSPS) is 12.5. The van der Waals surface area contributed by atoms with Crippen LogP contribution in [0.5, 0.6) is 11.5 Å². The third-order valence-corrected chi connectivity index (χ3v) is 5.80. The van der Waals surface area contributed by atoms with Crippen molar-refractivity contribution in [3.63, 3.8) is 0 Å². The number of hydrogen-bond donors (Lipinski definition) is 1.